The van der Waals surface area contributed by atoms with Crippen molar-refractivity contribution in [2.45, 2.75) is 12.6 Å². The van der Waals surface area contributed by atoms with Gasteiger partial charge in [0.15, 0.2) is 5.69 Å². The van der Waals surface area contributed by atoms with Crippen molar-refractivity contribution in [3.05, 3.63) is 27.7 Å². The van der Waals surface area contributed by atoms with Crippen LogP contribution in [0.15, 0.2) is 10.7 Å². The first-order valence-electron chi connectivity index (χ1n) is 3.44. The Kier molecular flexibility index (Phi) is 3.27. The molecular formula is C7H2BrF6N. The Hall–Kier alpha value is -0.790. The van der Waals surface area contributed by atoms with Crippen molar-refractivity contribution in [3.8, 4) is 0 Å². The molecule has 0 aliphatic heterocycles. The van der Waals surface area contributed by atoms with Crippen LogP contribution in [0.2, 0.25) is 0 Å². The molecule has 1 heterocycles. The monoisotopic (exact) mass is 293 g/mol. The highest BCUT2D eigenvalue weighted by Crippen LogP contribution is 2.36. The second-order valence-electron chi connectivity index (χ2n) is 2.49. The Bertz CT molecular complexity index is 374. The molecule has 1 rings (SSSR count). The Morgan fingerprint density at radius 1 is 1.27 bits per heavy atom. The molecule has 15 heavy (non-hydrogen) atoms. The van der Waals surface area contributed by atoms with E-state index in [1.165, 1.54) is 0 Å². The van der Waals surface area contributed by atoms with E-state index in [1.54, 1.807) is 0 Å². The van der Waals surface area contributed by atoms with Crippen LogP contribution in [0.4, 0.5) is 26.3 Å². The lowest BCUT2D eigenvalue weighted by atomic mass is 10.2. The van der Waals surface area contributed by atoms with E-state index in [0.717, 1.165) is 0 Å². The van der Waals surface area contributed by atoms with Crippen molar-refractivity contribution in [1.82, 2.24) is 4.98 Å². The number of halogens is 7. The van der Waals surface area contributed by atoms with E-state index in [-0.39, 0.29) is 6.20 Å². The second-order valence-corrected chi connectivity index (χ2v) is 3.28. The molecule has 0 atom stereocenters. The van der Waals surface area contributed by atoms with E-state index in [9.17, 15) is 26.3 Å². The van der Waals surface area contributed by atoms with E-state index in [2.05, 4.69) is 20.9 Å². The number of hydrogen-bond acceptors (Lipinski definition) is 1. The summed E-state index contributed by atoms with van der Waals surface area (Å²) in [6, 6.07) is 0. The molecular weight excluding hydrogens is 292 g/mol. The fraction of sp³-hybridized carbons (Fsp3) is 0.286. The molecule has 0 aliphatic carbocycles. The number of pyridine rings is 1. The molecule has 0 aromatic carbocycles. The largest absolute Gasteiger partial charge is 0.434 e. The number of rotatable bonds is 1. The summed E-state index contributed by atoms with van der Waals surface area (Å²) in [5.74, 6) is -1.65. The van der Waals surface area contributed by atoms with E-state index in [1.807, 2.05) is 0 Å². The summed E-state index contributed by atoms with van der Waals surface area (Å²) in [6.07, 6.45) is -7.93. The minimum absolute atomic E-state index is 0.174. The molecule has 0 bridgehead atoms. The van der Waals surface area contributed by atoms with Crippen LogP contribution in [0, 0.1) is 5.82 Å². The molecule has 0 saturated heterocycles. The molecule has 1 aromatic rings. The van der Waals surface area contributed by atoms with Gasteiger partial charge >= 0.3 is 6.18 Å². The Balaban J connectivity index is 3.34. The normalized spacial score (nSPS) is 12.3. The van der Waals surface area contributed by atoms with Crippen molar-refractivity contribution in [1.29, 1.82) is 0 Å². The summed E-state index contributed by atoms with van der Waals surface area (Å²) in [5, 5.41) is 0. The number of alkyl halides is 5. The zero-order chi connectivity index (χ0) is 11.8. The summed E-state index contributed by atoms with van der Waals surface area (Å²) >= 11 is 2.24. The Labute approximate surface area is 88.2 Å². The lowest BCUT2D eigenvalue weighted by Gasteiger charge is -2.10. The van der Waals surface area contributed by atoms with Crippen LogP contribution in [0.25, 0.3) is 0 Å². The van der Waals surface area contributed by atoms with Gasteiger partial charge in [0.25, 0.3) is 6.43 Å². The smallest absolute Gasteiger partial charge is 0.250 e. The third-order valence-electron chi connectivity index (χ3n) is 1.49. The van der Waals surface area contributed by atoms with Gasteiger partial charge in [-0.25, -0.2) is 18.2 Å². The van der Waals surface area contributed by atoms with Crippen molar-refractivity contribution in [3.63, 3.8) is 0 Å². The molecule has 0 N–H and O–H groups in total. The van der Waals surface area contributed by atoms with Gasteiger partial charge in [-0.15, -0.1) is 0 Å². The number of aromatic nitrogens is 1. The maximum Gasteiger partial charge on any atom is 0.434 e. The summed E-state index contributed by atoms with van der Waals surface area (Å²) in [5.41, 5.74) is -2.74. The maximum atomic E-state index is 13.0. The van der Waals surface area contributed by atoms with Gasteiger partial charge in [0.2, 0.25) is 0 Å². The topological polar surface area (TPSA) is 12.9 Å². The second kappa shape index (κ2) is 3.99. The predicted octanol–water partition coefficient (Wildman–Crippen LogP) is 3.94. The van der Waals surface area contributed by atoms with Crippen LogP contribution < -0.4 is 0 Å². The summed E-state index contributed by atoms with van der Waals surface area (Å²) in [6.45, 7) is 0. The van der Waals surface area contributed by atoms with Crippen molar-refractivity contribution < 1.29 is 26.3 Å². The lowest BCUT2D eigenvalue weighted by Crippen LogP contribution is -2.11. The van der Waals surface area contributed by atoms with Gasteiger partial charge in [0.1, 0.15) is 5.82 Å². The average molecular weight is 294 g/mol. The Morgan fingerprint density at radius 2 is 1.80 bits per heavy atom. The van der Waals surface area contributed by atoms with Crippen molar-refractivity contribution in [2.24, 2.45) is 0 Å². The van der Waals surface area contributed by atoms with Crippen LogP contribution in [-0.4, -0.2) is 4.98 Å². The van der Waals surface area contributed by atoms with Gasteiger partial charge < -0.3 is 0 Å². The summed E-state index contributed by atoms with van der Waals surface area (Å²) < 4.78 is 72.3. The molecule has 8 heteroatoms. The number of hydrogen-bond donors (Lipinski definition) is 0. The zero-order valence-corrected chi connectivity index (χ0v) is 8.33. The molecule has 0 radical (unpaired) electrons. The van der Waals surface area contributed by atoms with Gasteiger partial charge in [-0.1, -0.05) is 0 Å². The third-order valence-corrected chi connectivity index (χ3v) is 2.21. The van der Waals surface area contributed by atoms with E-state index < -0.39 is 34.1 Å². The molecule has 1 nitrogen and oxygen atoms in total. The molecule has 0 unspecified atom stereocenters. The highest BCUT2D eigenvalue weighted by molar-refractivity contribution is 9.10. The van der Waals surface area contributed by atoms with Gasteiger partial charge in [0.05, 0.1) is 10.0 Å². The van der Waals surface area contributed by atoms with Crippen LogP contribution in [0.5, 0.6) is 0 Å². The highest BCUT2D eigenvalue weighted by atomic mass is 79.9. The van der Waals surface area contributed by atoms with Crippen LogP contribution in [-0.2, 0) is 6.18 Å². The molecule has 0 aliphatic rings. The first-order chi connectivity index (χ1) is 6.75. The first-order valence-corrected chi connectivity index (χ1v) is 4.23. The van der Waals surface area contributed by atoms with E-state index in [4.69, 9.17) is 0 Å². The molecule has 0 amide bonds. The van der Waals surface area contributed by atoms with Gasteiger partial charge in [-0.2, -0.15) is 13.2 Å². The first kappa shape index (κ1) is 12.3. The van der Waals surface area contributed by atoms with Gasteiger partial charge in [-0.3, -0.25) is 0 Å². The van der Waals surface area contributed by atoms with E-state index >= 15 is 0 Å². The third kappa shape index (κ3) is 2.42. The molecule has 0 saturated carbocycles. The molecule has 0 fully saturated rings. The maximum absolute atomic E-state index is 13.0. The molecule has 84 valence electrons. The average Bonchev–Trinajstić information content (AvgIpc) is 2.06. The molecule has 1 aromatic heterocycles. The highest BCUT2D eigenvalue weighted by Gasteiger charge is 2.37. The van der Waals surface area contributed by atoms with Crippen molar-refractivity contribution in [2.75, 3.05) is 0 Å². The predicted molar refractivity (Wildman–Crippen MR) is 41.9 cm³/mol. The molecule has 0 spiro atoms. The number of nitrogens with zero attached hydrogens (tertiary/aromatic N) is 1. The summed E-state index contributed by atoms with van der Waals surface area (Å²) in [4.78, 5) is 2.74. The standard InChI is InChI=1S/C7H2BrF6N/c8-3-4(9)2(6(10)11)1-15-5(3)7(12,13)14/h1,6H. The quantitative estimate of drug-likeness (QED) is 0.715. The van der Waals surface area contributed by atoms with Crippen LogP contribution >= 0.6 is 15.9 Å². The van der Waals surface area contributed by atoms with Gasteiger partial charge in [-0.05, 0) is 15.9 Å². The lowest BCUT2D eigenvalue weighted by molar-refractivity contribution is -0.142. The fourth-order valence-corrected chi connectivity index (χ4v) is 1.38. The minimum atomic E-state index is -4.89. The van der Waals surface area contributed by atoms with Crippen molar-refractivity contribution >= 4 is 15.9 Å². The van der Waals surface area contributed by atoms with Crippen LogP contribution in [0.1, 0.15) is 17.7 Å². The minimum Gasteiger partial charge on any atom is -0.250 e. The zero-order valence-electron chi connectivity index (χ0n) is 6.75. The van der Waals surface area contributed by atoms with Crippen LogP contribution in [0.3, 0.4) is 0 Å². The summed E-state index contributed by atoms with van der Waals surface area (Å²) in [7, 11) is 0. The van der Waals surface area contributed by atoms with E-state index in [0.29, 0.717) is 0 Å². The SMILES string of the molecule is Fc1c(C(F)F)cnc(C(F)(F)F)c1Br. The fourth-order valence-electron chi connectivity index (χ4n) is 0.828. The van der Waals surface area contributed by atoms with Gasteiger partial charge in [0, 0.05) is 6.20 Å². The Morgan fingerprint density at radius 3 is 2.20 bits per heavy atom.